The van der Waals surface area contributed by atoms with E-state index in [9.17, 15) is 4.79 Å². The highest BCUT2D eigenvalue weighted by atomic mass is 16.2. The van der Waals surface area contributed by atoms with Crippen LogP contribution in [0.25, 0.3) is 10.8 Å². The molecule has 1 aromatic heterocycles. The molecule has 0 radical (unpaired) electrons. The van der Waals surface area contributed by atoms with Crippen LogP contribution in [0.2, 0.25) is 0 Å². The van der Waals surface area contributed by atoms with E-state index in [4.69, 9.17) is 0 Å². The van der Waals surface area contributed by atoms with E-state index >= 15 is 0 Å². The van der Waals surface area contributed by atoms with Crippen molar-refractivity contribution in [1.29, 1.82) is 0 Å². The number of benzene rings is 2. The largest absolute Gasteiger partial charge is 0.351 e. The highest BCUT2D eigenvalue weighted by Crippen LogP contribution is 2.24. The average Bonchev–Trinajstić information content (AvgIpc) is 2.75. The lowest BCUT2D eigenvalue weighted by Gasteiger charge is -2.20. The number of hydrogen-bond acceptors (Lipinski definition) is 3. The molecule has 3 aromatic rings. The molecule has 1 atom stereocenters. The van der Waals surface area contributed by atoms with E-state index in [1.807, 2.05) is 38.1 Å². The van der Waals surface area contributed by atoms with Crippen LogP contribution < -0.4 is 10.6 Å². The van der Waals surface area contributed by atoms with Crippen molar-refractivity contribution in [2.75, 3.05) is 6.54 Å². The Bertz CT molecular complexity index is 974. The van der Waals surface area contributed by atoms with Crippen molar-refractivity contribution in [3.05, 3.63) is 90.3 Å². The number of nitrogens with one attached hydrogen (secondary N) is 2. The SMILES string of the molecule is C[C@@H](NC/C=C/C(C)(C)C(=O)NCc1cccnc1)c1cccc2ccccc12. The predicted molar refractivity (Wildman–Crippen MR) is 119 cm³/mol. The summed E-state index contributed by atoms with van der Waals surface area (Å²) in [7, 11) is 0. The average molecular weight is 388 g/mol. The number of rotatable bonds is 8. The van der Waals surface area contributed by atoms with Gasteiger partial charge in [0.05, 0.1) is 5.41 Å². The Morgan fingerprint density at radius 2 is 1.90 bits per heavy atom. The third-order valence-corrected chi connectivity index (χ3v) is 5.13. The second kappa shape index (κ2) is 9.48. The summed E-state index contributed by atoms with van der Waals surface area (Å²) in [5.41, 5.74) is 1.70. The van der Waals surface area contributed by atoms with Crippen LogP contribution in [0.3, 0.4) is 0 Å². The Hall–Kier alpha value is -2.98. The van der Waals surface area contributed by atoms with Crippen LogP contribution >= 0.6 is 0 Å². The van der Waals surface area contributed by atoms with Crippen molar-refractivity contribution in [3.63, 3.8) is 0 Å². The van der Waals surface area contributed by atoms with E-state index < -0.39 is 5.41 Å². The summed E-state index contributed by atoms with van der Waals surface area (Å²) in [6.07, 6.45) is 7.49. The minimum atomic E-state index is -0.577. The number of nitrogens with zero attached hydrogens (tertiary/aromatic N) is 1. The molecule has 3 rings (SSSR count). The van der Waals surface area contributed by atoms with E-state index in [0.717, 1.165) is 5.56 Å². The molecule has 0 spiro atoms. The van der Waals surface area contributed by atoms with Crippen molar-refractivity contribution in [2.24, 2.45) is 5.41 Å². The molecule has 4 nitrogen and oxygen atoms in total. The number of carbonyl (C=O) groups is 1. The van der Waals surface area contributed by atoms with Crippen molar-refractivity contribution in [3.8, 4) is 0 Å². The van der Waals surface area contributed by atoms with E-state index in [1.165, 1.54) is 16.3 Å². The lowest BCUT2D eigenvalue weighted by molar-refractivity contribution is -0.127. The summed E-state index contributed by atoms with van der Waals surface area (Å²) in [5, 5.41) is 9.04. The minimum Gasteiger partial charge on any atom is -0.351 e. The number of pyridine rings is 1. The van der Waals surface area contributed by atoms with Crippen molar-refractivity contribution < 1.29 is 4.79 Å². The molecule has 0 saturated carbocycles. The monoisotopic (exact) mass is 387 g/mol. The third-order valence-electron chi connectivity index (χ3n) is 5.13. The molecule has 1 amide bonds. The van der Waals surface area contributed by atoms with E-state index in [1.54, 1.807) is 12.4 Å². The van der Waals surface area contributed by atoms with Crippen LogP contribution in [0.15, 0.2) is 79.1 Å². The maximum Gasteiger partial charge on any atom is 0.229 e. The minimum absolute atomic E-state index is 0.000273. The number of carbonyl (C=O) groups excluding carboxylic acids is 1. The van der Waals surface area contributed by atoms with Gasteiger partial charge in [0.1, 0.15) is 0 Å². The standard InChI is InChI=1S/C25H29N3O/c1-19(22-13-6-11-21-10-4-5-12-23(21)22)27-16-8-14-25(2,3)24(29)28-18-20-9-7-15-26-17-20/h4-15,17,19,27H,16,18H2,1-3H3,(H,28,29)/b14-8+/t19-/m1/s1. The zero-order chi connectivity index (χ0) is 20.7. The highest BCUT2D eigenvalue weighted by molar-refractivity contribution is 5.86. The second-order valence-corrected chi connectivity index (χ2v) is 7.87. The van der Waals surface area contributed by atoms with Gasteiger partial charge in [-0.1, -0.05) is 60.7 Å². The van der Waals surface area contributed by atoms with Gasteiger partial charge in [0.15, 0.2) is 0 Å². The van der Waals surface area contributed by atoms with Gasteiger partial charge in [-0.25, -0.2) is 0 Å². The summed E-state index contributed by atoms with van der Waals surface area (Å²) in [4.78, 5) is 16.6. The lowest BCUT2D eigenvalue weighted by Crippen LogP contribution is -2.35. The summed E-state index contributed by atoms with van der Waals surface area (Å²) >= 11 is 0. The Kier molecular flexibility index (Phi) is 6.78. The number of hydrogen-bond donors (Lipinski definition) is 2. The Balaban J connectivity index is 1.53. The molecule has 0 aliphatic rings. The molecule has 0 bridgehead atoms. The van der Waals surface area contributed by atoms with Gasteiger partial charge in [0.25, 0.3) is 0 Å². The van der Waals surface area contributed by atoms with Crippen molar-refractivity contribution in [1.82, 2.24) is 15.6 Å². The van der Waals surface area contributed by atoms with Gasteiger partial charge in [-0.2, -0.15) is 0 Å². The van der Waals surface area contributed by atoms with Gasteiger partial charge in [-0.05, 0) is 48.7 Å². The van der Waals surface area contributed by atoms with Gasteiger partial charge in [-0.3, -0.25) is 9.78 Å². The molecule has 4 heteroatoms. The van der Waals surface area contributed by atoms with Gasteiger partial charge in [0, 0.05) is 31.5 Å². The van der Waals surface area contributed by atoms with Gasteiger partial charge < -0.3 is 10.6 Å². The highest BCUT2D eigenvalue weighted by Gasteiger charge is 2.23. The molecule has 0 unspecified atom stereocenters. The molecule has 150 valence electrons. The summed E-state index contributed by atoms with van der Waals surface area (Å²) in [6.45, 7) is 7.21. The van der Waals surface area contributed by atoms with Crippen LogP contribution in [-0.2, 0) is 11.3 Å². The van der Waals surface area contributed by atoms with Gasteiger partial charge >= 0.3 is 0 Å². The maximum atomic E-state index is 12.5. The summed E-state index contributed by atoms with van der Waals surface area (Å²) < 4.78 is 0. The zero-order valence-electron chi connectivity index (χ0n) is 17.4. The first-order chi connectivity index (χ1) is 14.0. The van der Waals surface area contributed by atoms with Crippen LogP contribution in [0, 0.1) is 5.41 Å². The first kappa shape index (κ1) is 20.7. The molecule has 2 aromatic carbocycles. The first-order valence-electron chi connectivity index (χ1n) is 10.0. The Morgan fingerprint density at radius 1 is 1.10 bits per heavy atom. The molecular formula is C25H29N3O. The maximum absolute atomic E-state index is 12.5. The van der Waals surface area contributed by atoms with Crippen LogP contribution in [0.4, 0.5) is 0 Å². The fourth-order valence-corrected chi connectivity index (χ4v) is 3.32. The van der Waals surface area contributed by atoms with Crippen LogP contribution in [0.5, 0.6) is 0 Å². The fourth-order valence-electron chi connectivity index (χ4n) is 3.32. The van der Waals surface area contributed by atoms with Gasteiger partial charge in [-0.15, -0.1) is 0 Å². The number of aromatic nitrogens is 1. The van der Waals surface area contributed by atoms with Crippen molar-refractivity contribution in [2.45, 2.75) is 33.4 Å². The number of amides is 1. The quantitative estimate of drug-likeness (QED) is 0.547. The second-order valence-electron chi connectivity index (χ2n) is 7.87. The van der Waals surface area contributed by atoms with Crippen LogP contribution in [0.1, 0.15) is 37.9 Å². The van der Waals surface area contributed by atoms with E-state index in [-0.39, 0.29) is 11.9 Å². The van der Waals surface area contributed by atoms with E-state index in [0.29, 0.717) is 13.1 Å². The molecule has 29 heavy (non-hydrogen) atoms. The molecule has 1 heterocycles. The van der Waals surface area contributed by atoms with Crippen LogP contribution in [-0.4, -0.2) is 17.4 Å². The molecular weight excluding hydrogens is 358 g/mol. The molecule has 0 saturated heterocycles. The molecule has 2 N–H and O–H groups in total. The smallest absolute Gasteiger partial charge is 0.229 e. The Labute approximate surface area is 173 Å². The normalized spacial score (nSPS) is 12.9. The fraction of sp³-hybridized carbons (Fsp3) is 0.280. The number of fused-ring (bicyclic) bond motifs is 1. The van der Waals surface area contributed by atoms with Crippen molar-refractivity contribution >= 4 is 16.7 Å². The molecule has 0 aliphatic heterocycles. The summed E-state index contributed by atoms with van der Waals surface area (Å²) in [5.74, 6) is -0.000273. The molecule has 0 aliphatic carbocycles. The van der Waals surface area contributed by atoms with E-state index in [2.05, 4.69) is 65.0 Å². The lowest BCUT2D eigenvalue weighted by atomic mass is 9.91. The molecule has 0 fully saturated rings. The topological polar surface area (TPSA) is 54.0 Å². The Morgan fingerprint density at radius 3 is 2.69 bits per heavy atom. The zero-order valence-corrected chi connectivity index (χ0v) is 17.4. The third kappa shape index (κ3) is 5.52. The summed E-state index contributed by atoms with van der Waals surface area (Å²) in [6, 6.07) is 18.9. The first-order valence-corrected chi connectivity index (χ1v) is 10.0. The van der Waals surface area contributed by atoms with Gasteiger partial charge in [0.2, 0.25) is 5.91 Å². The predicted octanol–water partition coefficient (Wildman–Crippen LogP) is 4.78.